The van der Waals surface area contributed by atoms with Gasteiger partial charge in [-0.05, 0) is 37.6 Å². The molecule has 0 radical (unpaired) electrons. The van der Waals surface area contributed by atoms with Gasteiger partial charge in [-0.2, -0.15) is 0 Å². The summed E-state index contributed by atoms with van der Waals surface area (Å²) in [6.45, 7) is 5.21. The molecule has 2 aromatic carbocycles. The molecule has 3 rings (SSSR count). The zero-order valence-electron chi connectivity index (χ0n) is 12.1. The quantitative estimate of drug-likeness (QED) is 0.587. The van der Waals surface area contributed by atoms with Crippen LogP contribution < -0.4 is 0 Å². The number of benzene rings is 2. The standard InChI is InChI=1S/C19H19N/c1-3-5-13-20-18-10-7-6-9-16(18)17-14-15(8-4-2)11-12-19(17)20/h6-7,9-12,14H,3,5,13H2,1-2H3. The average molecular weight is 261 g/mol. The summed E-state index contributed by atoms with van der Waals surface area (Å²) in [5.74, 6) is 6.14. The zero-order chi connectivity index (χ0) is 13.9. The second-order valence-electron chi connectivity index (χ2n) is 5.13. The highest BCUT2D eigenvalue weighted by Gasteiger charge is 2.09. The van der Waals surface area contributed by atoms with Crippen LogP contribution in [0.1, 0.15) is 32.3 Å². The second kappa shape index (κ2) is 5.43. The van der Waals surface area contributed by atoms with Crippen LogP contribution in [0.15, 0.2) is 42.5 Å². The molecule has 0 atom stereocenters. The lowest BCUT2D eigenvalue weighted by Crippen LogP contribution is -1.96. The topological polar surface area (TPSA) is 4.93 Å². The first-order valence-electron chi connectivity index (χ1n) is 7.29. The number of nitrogens with zero attached hydrogens (tertiary/aromatic N) is 1. The van der Waals surface area contributed by atoms with Crippen LogP contribution in [0.5, 0.6) is 0 Å². The molecule has 0 aliphatic rings. The molecule has 0 aliphatic carbocycles. The van der Waals surface area contributed by atoms with E-state index in [1.54, 1.807) is 0 Å². The van der Waals surface area contributed by atoms with Crippen molar-refractivity contribution in [1.82, 2.24) is 4.57 Å². The van der Waals surface area contributed by atoms with Gasteiger partial charge in [0.1, 0.15) is 0 Å². The van der Waals surface area contributed by atoms with Gasteiger partial charge >= 0.3 is 0 Å². The highest BCUT2D eigenvalue weighted by atomic mass is 15.0. The molecule has 0 bridgehead atoms. The fraction of sp³-hybridized carbons (Fsp3) is 0.263. The minimum atomic E-state index is 1.08. The Morgan fingerprint density at radius 2 is 1.80 bits per heavy atom. The fourth-order valence-corrected chi connectivity index (χ4v) is 2.83. The average Bonchev–Trinajstić information content (AvgIpc) is 2.79. The number of hydrogen-bond donors (Lipinski definition) is 0. The highest BCUT2D eigenvalue weighted by molar-refractivity contribution is 6.08. The molecule has 0 unspecified atom stereocenters. The zero-order valence-corrected chi connectivity index (χ0v) is 12.1. The first kappa shape index (κ1) is 12.8. The Morgan fingerprint density at radius 3 is 2.60 bits per heavy atom. The van der Waals surface area contributed by atoms with E-state index in [4.69, 9.17) is 0 Å². The van der Waals surface area contributed by atoms with Crippen molar-refractivity contribution in [1.29, 1.82) is 0 Å². The number of aryl methyl sites for hydroxylation is 1. The minimum Gasteiger partial charge on any atom is -0.340 e. The van der Waals surface area contributed by atoms with Crippen LogP contribution in [0, 0.1) is 11.8 Å². The van der Waals surface area contributed by atoms with Gasteiger partial charge in [0.25, 0.3) is 0 Å². The smallest absolute Gasteiger partial charge is 0.0492 e. The van der Waals surface area contributed by atoms with Crippen LogP contribution in [0.3, 0.4) is 0 Å². The van der Waals surface area contributed by atoms with E-state index < -0.39 is 0 Å². The molecule has 0 amide bonds. The molecule has 0 fully saturated rings. The van der Waals surface area contributed by atoms with Crippen LogP contribution in [0.2, 0.25) is 0 Å². The Labute approximate surface area is 120 Å². The van der Waals surface area contributed by atoms with Gasteiger partial charge < -0.3 is 4.57 Å². The van der Waals surface area contributed by atoms with E-state index in [-0.39, 0.29) is 0 Å². The Balaban J connectivity index is 2.31. The Morgan fingerprint density at radius 1 is 1.00 bits per heavy atom. The summed E-state index contributed by atoms with van der Waals surface area (Å²) >= 11 is 0. The third kappa shape index (κ3) is 2.08. The number of para-hydroxylation sites is 1. The van der Waals surface area contributed by atoms with Gasteiger partial charge in [0, 0.05) is 33.9 Å². The van der Waals surface area contributed by atoms with E-state index in [1.165, 1.54) is 34.6 Å². The van der Waals surface area contributed by atoms with Crippen molar-refractivity contribution in [3.05, 3.63) is 48.0 Å². The fourth-order valence-electron chi connectivity index (χ4n) is 2.83. The second-order valence-corrected chi connectivity index (χ2v) is 5.13. The van der Waals surface area contributed by atoms with Crippen LogP contribution >= 0.6 is 0 Å². The molecule has 0 spiro atoms. The largest absolute Gasteiger partial charge is 0.340 e. The number of fused-ring (bicyclic) bond motifs is 3. The van der Waals surface area contributed by atoms with Crippen LogP contribution in [0.25, 0.3) is 21.8 Å². The lowest BCUT2D eigenvalue weighted by molar-refractivity contribution is 0.665. The van der Waals surface area contributed by atoms with Gasteiger partial charge in [0.05, 0.1) is 0 Å². The first-order chi connectivity index (χ1) is 9.85. The Bertz CT molecular complexity index is 812. The van der Waals surface area contributed by atoms with E-state index in [0.29, 0.717) is 0 Å². The summed E-state index contributed by atoms with van der Waals surface area (Å²) in [6.07, 6.45) is 2.43. The normalized spacial score (nSPS) is 10.7. The summed E-state index contributed by atoms with van der Waals surface area (Å²) in [5, 5.41) is 2.65. The molecule has 3 aromatic rings. The number of hydrogen-bond acceptors (Lipinski definition) is 0. The summed E-state index contributed by atoms with van der Waals surface area (Å²) in [6, 6.07) is 15.2. The molecule has 0 N–H and O–H groups in total. The summed E-state index contributed by atoms with van der Waals surface area (Å²) < 4.78 is 2.44. The summed E-state index contributed by atoms with van der Waals surface area (Å²) in [4.78, 5) is 0. The number of unbranched alkanes of at least 4 members (excludes halogenated alkanes) is 1. The van der Waals surface area contributed by atoms with Gasteiger partial charge in [-0.3, -0.25) is 0 Å². The Hall–Kier alpha value is -2.20. The van der Waals surface area contributed by atoms with E-state index >= 15 is 0 Å². The molecule has 0 saturated heterocycles. The molecular formula is C19H19N. The Kier molecular flexibility index (Phi) is 3.48. The highest BCUT2D eigenvalue weighted by Crippen LogP contribution is 2.29. The van der Waals surface area contributed by atoms with Crippen LogP contribution in [-0.4, -0.2) is 4.57 Å². The van der Waals surface area contributed by atoms with Gasteiger partial charge in [0.15, 0.2) is 0 Å². The first-order valence-corrected chi connectivity index (χ1v) is 7.29. The van der Waals surface area contributed by atoms with Gasteiger partial charge in [-0.25, -0.2) is 0 Å². The summed E-state index contributed by atoms with van der Waals surface area (Å²) in [5.41, 5.74) is 3.75. The SMILES string of the molecule is CC#Cc1ccc2c(c1)c1ccccc1n2CCCC. The molecule has 1 heteroatoms. The molecular weight excluding hydrogens is 242 g/mol. The van der Waals surface area contributed by atoms with Crippen molar-refractivity contribution in [2.75, 3.05) is 0 Å². The summed E-state index contributed by atoms with van der Waals surface area (Å²) in [7, 11) is 0. The molecule has 1 aromatic heterocycles. The molecule has 1 nitrogen and oxygen atoms in total. The predicted molar refractivity (Wildman–Crippen MR) is 86.9 cm³/mol. The number of rotatable bonds is 3. The maximum Gasteiger partial charge on any atom is 0.0492 e. The molecule has 0 saturated carbocycles. The van der Waals surface area contributed by atoms with Crippen LogP contribution in [0.4, 0.5) is 0 Å². The maximum atomic E-state index is 3.16. The van der Waals surface area contributed by atoms with Crippen molar-refractivity contribution >= 4 is 21.8 Å². The monoisotopic (exact) mass is 261 g/mol. The molecule has 100 valence electrons. The third-order valence-electron chi connectivity index (χ3n) is 3.78. The maximum absolute atomic E-state index is 3.16. The molecule has 1 heterocycles. The van der Waals surface area contributed by atoms with E-state index in [1.807, 2.05) is 6.92 Å². The molecule has 20 heavy (non-hydrogen) atoms. The van der Waals surface area contributed by atoms with E-state index in [0.717, 1.165) is 12.1 Å². The van der Waals surface area contributed by atoms with Crippen molar-refractivity contribution in [3.8, 4) is 11.8 Å². The van der Waals surface area contributed by atoms with E-state index in [2.05, 4.69) is 65.8 Å². The minimum absolute atomic E-state index is 1.08. The van der Waals surface area contributed by atoms with Crippen molar-refractivity contribution in [2.45, 2.75) is 33.2 Å². The lowest BCUT2D eigenvalue weighted by atomic mass is 10.1. The van der Waals surface area contributed by atoms with Crippen LogP contribution in [-0.2, 0) is 6.54 Å². The van der Waals surface area contributed by atoms with Crippen molar-refractivity contribution in [3.63, 3.8) is 0 Å². The predicted octanol–water partition coefficient (Wildman–Crippen LogP) is 4.97. The van der Waals surface area contributed by atoms with Gasteiger partial charge in [-0.1, -0.05) is 37.5 Å². The van der Waals surface area contributed by atoms with Gasteiger partial charge in [-0.15, -0.1) is 5.92 Å². The number of aromatic nitrogens is 1. The van der Waals surface area contributed by atoms with E-state index in [9.17, 15) is 0 Å². The molecule has 0 aliphatic heterocycles. The third-order valence-corrected chi connectivity index (χ3v) is 3.78. The lowest BCUT2D eigenvalue weighted by Gasteiger charge is -2.06. The van der Waals surface area contributed by atoms with Crippen molar-refractivity contribution in [2.24, 2.45) is 0 Å². The van der Waals surface area contributed by atoms with Crippen molar-refractivity contribution < 1.29 is 0 Å². The van der Waals surface area contributed by atoms with Gasteiger partial charge in [0.2, 0.25) is 0 Å².